The first-order valence-electron chi connectivity index (χ1n) is 11.0. The Kier molecular flexibility index (Phi) is 5.46. The van der Waals surface area contributed by atoms with Gasteiger partial charge in [0.25, 0.3) is 0 Å². The van der Waals surface area contributed by atoms with Crippen LogP contribution in [0.15, 0.2) is 54.6 Å². The normalized spacial score (nSPS) is 15.2. The molecule has 0 saturated carbocycles. The van der Waals surface area contributed by atoms with E-state index in [1.54, 1.807) is 54.6 Å². The van der Waals surface area contributed by atoms with E-state index in [-0.39, 0.29) is 0 Å². The van der Waals surface area contributed by atoms with E-state index in [0.29, 0.717) is 91.4 Å². The van der Waals surface area contributed by atoms with Gasteiger partial charge in [-0.25, -0.2) is 0 Å². The van der Waals surface area contributed by atoms with Crippen molar-refractivity contribution in [1.82, 2.24) is 0 Å². The van der Waals surface area contributed by atoms with Gasteiger partial charge in [0.1, 0.15) is 56.9 Å². The third-order valence-corrected chi connectivity index (χ3v) is 5.24. The lowest BCUT2D eigenvalue weighted by Crippen LogP contribution is -2.37. The second-order valence-corrected chi connectivity index (χ2v) is 7.56. The van der Waals surface area contributed by atoms with Crippen molar-refractivity contribution in [2.45, 2.75) is 0 Å². The lowest BCUT2D eigenvalue weighted by molar-refractivity contribution is 0.170. The molecule has 3 aliphatic heterocycles. The molecule has 0 spiro atoms. The minimum Gasteiger partial charge on any atom is -0.489 e. The molecule has 0 bridgehead atoms. The number of rotatable bonds is 6. The van der Waals surface area contributed by atoms with Gasteiger partial charge in [-0.15, -0.1) is 0 Å². The van der Waals surface area contributed by atoms with E-state index in [1.807, 2.05) is 0 Å². The van der Waals surface area contributed by atoms with Gasteiger partial charge in [-0.2, -0.15) is 0 Å². The lowest BCUT2D eigenvalue weighted by atomic mass is 10.1. The molecule has 174 valence electrons. The first kappa shape index (κ1) is 20.5. The molecule has 0 atom stereocenters. The predicted octanol–water partition coefficient (Wildman–Crippen LogP) is 3.52. The van der Waals surface area contributed by atoms with E-state index >= 15 is 0 Å². The lowest BCUT2D eigenvalue weighted by Gasteiger charge is -2.22. The van der Waals surface area contributed by atoms with Crippen molar-refractivity contribution < 1.29 is 42.4 Å². The van der Waals surface area contributed by atoms with Gasteiger partial charge in [-0.3, -0.25) is 0 Å². The fourth-order valence-electron chi connectivity index (χ4n) is 3.70. The molecule has 3 aromatic rings. The SMILES string of the molecule is c1cc2c(cc1OB(Oc1ccc3c(c1)OCCO3)Oc1ccc3c(c1)OCCO3)OCCO2. The molecule has 9 nitrogen and oxygen atoms in total. The molecule has 0 amide bonds. The summed E-state index contributed by atoms with van der Waals surface area (Å²) >= 11 is 0. The Bertz CT molecular complexity index is 1040. The summed E-state index contributed by atoms with van der Waals surface area (Å²) in [6.07, 6.45) is 0. The van der Waals surface area contributed by atoms with Gasteiger partial charge in [-0.05, 0) is 36.4 Å². The summed E-state index contributed by atoms with van der Waals surface area (Å²) in [7, 11) is -1.13. The first-order chi connectivity index (χ1) is 16.8. The van der Waals surface area contributed by atoms with Crippen LogP contribution in [0, 0.1) is 0 Å². The second kappa shape index (κ2) is 9.05. The van der Waals surface area contributed by atoms with E-state index in [2.05, 4.69) is 0 Å². The summed E-state index contributed by atoms with van der Waals surface area (Å²) in [5.74, 6) is 5.25. The molecule has 10 heteroatoms. The number of benzene rings is 3. The number of ether oxygens (including phenoxy) is 6. The van der Waals surface area contributed by atoms with Crippen molar-refractivity contribution in [3.8, 4) is 51.7 Å². The van der Waals surface area contributed by atoms with Gasteiger partial charge in [0, 0.05) is 18.2 Å². The Hall–Kier alpha value is -4.08. The molecule has 3 aliphatic rings. The minimum absolute atomic E-state index is 0.473. The second-order valence-electron chi connectivity index (χ2n) is 7.56. The number of fused-ring (bicyclic) bond motifs is 3. The molecule has 34 heavy (non-hydrogen) atoms. The first-order valence-corrected chi connectivity index (χ1v) is 11.0. The average Bonchev–Trinajstić information content (AvgIpc) is 2.88. The van der Waals surface area contributed by atoms with E-state index in [4.69, 9.17) is 42.4 Å². The van der Waals surface area contributed by atoms with Crippen LogP contribution in [0.25, 0.3) is 0 Å². The summed E-state index contributed by atoms with van der Waals surface area (Å²) < 4.78 is 51.9. The van der Waals surface area contributed by atoms with Gasteiger partial charge in [0.15, 0.2) is 34.5 Å². The molecular formula is C24H21BO9. The van der Waals surface area contributed by atoms with Crippen LogP contribution in [-0.4, -0.2) is 47.0 Å². The fraction of sp³-hybridized carbons (Fsp3) is 0.250. The van der Waals surface area contributed by atoms with Crippen LogP contribution in [0.5, 0.6) is 51.7 Å². The van der Waals surface area contributed by atoms with Crippen molar-refractivity contribution in [3.05, 3.63) is 54.6 Å². The van der Waals surface area contributed by atoms with Crippen molar-refractivity contribution in [2.24, 2.45) is 0 Å². The summed E-state index contributed by atoms with van der Waals surface area (Å²) in [6.45, 7) is 2.95. The summed E-state index contributed by atoms with van der Waals surface area (Å²) in [5.41, 5.74) is 0. The molecular weight excluding hydrogens is 443 g/mol. The highest BCUT2D eigenvalue weighted by molar-refractivity contribution is 6.39. The summed E-state index contributed by atoms with van der Waals surface area (Å²) in [5, 5.41) is 0. The Morgan fingerprint density at radius 1 is 0.412 bits per heavy atom. The monoisotopic (exact) mass is 464 g/mol. The van der Waals surface area contributed by atoms with Crippen LogP contribution in [0.3, 0.4) is 0 Å². The highest BCUT2D eigenvalue weighted by atomic mass is 16.7. The molecule has 0 aromatic heterocycles. The Morgan fingerprint density at radius 3 is 1.03 bits per heavy atom. The minimum atomic E-state index is -1.13. The van der Waals surface area contributed by atoms with Crippen LogP contribution >= 0.6 is 0 Å². The maximum Gasteiger partial charge on any atom is 0.864 e. The number of hydrogen-bond donors (Lipinski definition) is 0. The Balaban J connectivity index is 1.26. The van der Waals surface area contributed by atoms with E-state index < -0.39 is 7.32 Å². The van der Waals surface area contributed by atoms with Crippen LogP contribution in [0.1, 0.15) is 0 Å². The highest BCUT2D eigenvalue weighted by Gasteiger charge is 2.32. The molecule has 0 unspecified atom stereocenters. The smallest absolute Gasteiger partial charge is 0.489 e. The van der Waals surface area contributed by atoms with Gasteiger partial charge in [-0.1, -0.05) is 0 Å². The van der Waals surface area contributed by atoms with Gasteiger partial charge < -0.3 is 42.4 Å². The van der Waals surface area contributed by atoms with E-state index in [0.717, 1.165) is 0 Å². The zero-order valence-corrected chi connectivity index (χ0v) is 18.2. The van der Waals surface area contributed by atoms with Crippen LogP contribution in [0.2, 0.25) is 0 Å². The zero-order chi connectivity index (χ0) is 22.7. The maximum absolute atomic E-state index is 6.05. The van der Waals surface area contributed by atoms with Crippen molar-refractivity contribution in [1.29, 1.82) is 0 Å². The summed E-state index contributed by atoms with van der Waals surface area (Å²) in [6, 6.07) is 15.9. The van der Waals surface area contributed by atoms with E-state index in [9.17, 15) is 0 Å². The van der Waals surface area contributed by atoms with Crippen LogP contribution < -0.4 is 42.4 Å². The molecule has 0 saturated heterocycles. The van der Waals surface area contributed by atoms with Crippen molar-refractivity contribution >= 4 is 7.32 Å². The predicted molar refractivity (Wildman–Crippen MR) is 120 cm³/mol. The molecule has 6 rings (SSSR count). The summed E-state index contributed by atoms with van der Waals surface area (Å²) in [4.78, 5) is 0. The number of hydrogen-bond acceptors (Lipinski definition) is 9. The fourth-order valence-corrected chi connectivity index (χ4v) is 3.70. The molecule has 3 aromatic carbocycles. The van der Waals surface area contributed by atoms with Gasteiger partial charge in [0.05, 0.1) is 0 Å². The third kappa shape index (κ3) is 4.39. The topological polar surface area (TPSA) is 83.1 Å². The van der Waals surface area contributed by atoms with Gasteiger partial charge >= 0.3 is 7.32 Å². The molecule has 3 heterocycles. The van der Waals surface area contributed by atoms with E-state index in [1.165, 1.54) is 0 Å². The maximum atomic E-state index is 6.05. The van der Waals surface area contributed by atoms with Crippen LogP contribution in [0.4, 0.5) is 0 Å². The standard InChI is InChI=1S/C24H21BO9/c1-4-19-22(29-10-7-26-19)13-16(1)32-25(33-17-2-5-20-23(14-17)30-11-8-27-20)34-18-3-6-21-24(15-18)31-12-9-28-21/h1-6,13-15H,7-12H2. The Labute approximate surface area is 196 Å². The van der Waals surface area contributed by atoms with Gasteiger partial charge in [0.2, 0.25) is 0 Å². The highest BCUT2D eigenvalue weighted by Crippen LogP contribution is 2.37. The van der Waals surface area contributed by atoms with Crippen LogP contribution in [-0.2, 0) is 0 Å². The zero-order valence-electron chi connectivity index (χ0n) is 18.2. The third-order valence-electron chi connectivity index (χ3n) is 5.24. The molecule has 0 fully saturated rings. The average molecular weight is 464 g/mol. The largest absolute Gasteiger partial charge is 0.864 e. The molecule has 0 N–H and O–H groups in total. The molecule has 0 radical (unpaired) electrons. The van der Waals surface area contributed by atoms with Crippen molar-refractivity contribution in [2.75, 3.05) is 39.6 Å². The van der Waals surface area contributed by atoms with Crippen molar-refractivity contribution in [3.63, 3.8) is 0 Å². The molecule has 0 aliphatic carbocycles. The Morgan fingerprint density at radius 2 is 0.706 bits per heavy atom. The quantitative estimate of drug-likeness (QED) is 0.509.